The second kappa shape index (κ2) is 5.07. The van der Waals surface area contributed by atoms with Crippen LogP contribution in [0.5, 0.6) is 0 Å². The number of nitrogens with zero attached hydrogens (tertiary/aromatic N) is 1. The summed E-state index contributed by atoms with van der Waals surface area (Å²) in [6.45, 7) is 0.330. The molecule has 0 unspecified atom stereocenters. The molecule has 5 nitrogen and oxygen atoms in total. The topological polar surface area (TPSA) is 74.8 Å². The molecule has 0 radical (unpaired) electrons. The molecule has 17 heavy (non-hydrogen) atoms. The zero-order valence-electron chi connectivity index (χ0n) is 9.01. The van der Waals surface area contributed by atoms with Crippen LogP contribution in [-0.2, 0) is 6.54 Å². The first-order chi connectivity index (χ1) is 8.25. The van der Waals surface area contributed by atoms with Crippen LogP contribution in [0.15, 0.2) is 47.5 Å². The molecule has 2 aromatic rings. The first-order valence-corrected chi connectivity index (χ1v) is 5.12. The summed E-state index contributed by atoms with van der Waals surface area (Å²) in [5, 5.41) is 2.67. The van der Waals surface area contributed by atoms with Crippen LogP contribution in [0.4, 0.5) is 0 Å². The Balaban J connectivity index is 2.01. The summed E-state index contributed by atoms with van der Waals surface area (Å²) in [7, 11) is 0. The Bertz CT molecular complexity index is 563. The third kappa shape index (κ3) is 3.01. The third-order valence-corrected chi connectivity index (χ3v) is 2.17. The molecule has 0 atom stereocenters. The molecule has 0 saturated carbocycles. The van der Waals surface area contributed by atoms with Crippen LogP contribution in [-0.4, -0.2) is 15.9 Å². The van der Waals surface area contributed by atoms with E-state index in [1.807, 2.05) is 12.1 Å². The highest BCUT2D eigenvalue weighted by atomic mass is 16.2. The van der Waals surface area contributed by atoms with Gasteiger partial charge in [-0.2, -0.15) is 0 Å². The van der Waals surface area contributed by atoms with E-state index in [1.165, 1.54) is 18.3 Å². The highest BCUT2D eigenvalue weighted by Gasteiger charge is 2.05. The van der Waals surface area contributed by atoms with Gasteiger partial charge < -0.3 is 10.3 Å². The van der Waals surface area contributed by atoms with Gasteiger partial charge in [0.2, 0.25) is 0 Å². The number of hydrogen-bond acceptors (Lipinski definition) is 3. The Morgan fingerprint density at radius 3 is 2.94 bits per heavy atom. The van der Waals surface area contributed by atoms with Crippen molar-refractivity contribution in [1.82, 2.24) is 15.3 Å². The zero-order valence-corrected chi connectivity index (χ0v) is 9.01. The van der Waals surface area contributed by atoms with Crippen LogP contribution in [0.3, 0.4) is 0 Å². The Morgan fingerprint density at radius 2 is 2.24 bits per heavy atom. The molecule has 0 aliphatic rings. The van der Waals surface area contributed by atoms with Crippen LogP contribution >= 0.6 is 0 Å². The van der Waals surface area contributed by atoms with Crippen molar-refractivity contribution >= 4 is 5.91 Å². The number of rotatable bonds is 3. The second-order valence-electron chi connectivity index (χ2n) is 3.44. The van der Waals surface area contributed by atoms with Crippen molar-refractivity contribution in [1.29, 1.82) is 0 Å². The lowest BCUT2D eigenvalue weighted by Gasteiger charge is -2.03. The molecule has 2 heterocycles. The molecule has 0 spiro atoms. The van der Waals surface area contributed by atoms with Crippen molar-refractivity contribution in [2.45, 2.75) is 6.54 Å². The van der Waals surface area contributed by atoms with Gasteiger partial charge in [0.25, 0.3) is 5.91 Å². The Hall–Kier alpha value is -2.43. The number of nitrogens with one attached hydrogen (secondary N) is 2. The highest BCUT2D eigenvalue weighted by molar-refractivity contribution is 5.92. The molecule has 0 saturated heterocycles. The van der Waals surface area contributed by atoms with E-state index < -0.39 is 0 Å². The van der Waals surface area contributed by atoms with Gasteiger partial charge in [-0.25, -0.2) is 0 Å². The summed E-state index contributed by atoms with van der Waals surface area (Å²) in [6.07, 6.45) is 3.10. The second-order valence-corrected chi connectivity index (χ2v) is 3.44. The molecule has 0 aliphatic carbocycles. The largest absolute Gasteiger partial charge is 0.357 e. The van der Waals surface area contributed by atoms with Gasteiger partial charge in [-0.05, 0) is 12.1 Å². The first kappa shape index (κ1) is 11.1. The molecule has 0 fully saturated rings. The number of carbonyl (C=O) groups is 1. The van der Waals surface area contributed by atoms with Gasteiger partial charge in [0, 0.05) is 24.5 Å². The minimum Gasteiger partial charge on any atom is -0.357 e. The average Bonchev–Trinajstić information content (AvgIpc) is 2.37. The highest BCUT2D eigenvalue weighted by Crippen LogP contribution is 1.94. The van der Waals surface area contributed by atoms with E-state index in [1.54, 1.807) is 12.3 Å². The molecular formula is C12H11N3O2. The maximum Gasteiger partial charge on any atom is 0.268 e. The Kier molecular flexibility index (Phi) is 3.30. The minimum atomic E-state index is -0.326. The number of pyridine rings is 2. The number of aromatic nitrogens is 2. The van der Waals surface area contributed by atoms with E-state index >= 15 is 0 Å². The normalized spacial score (nSPS) is 9.88. The lowest BCUT2D eigenvalue weighted by molar-refractivity contribution is 0.0945. The summed E-state index contributed by atoms with van der Waals surface area (Å²) in [5.74, 6) is -0.326. The van der Waals surface area contributed by atoms with Gasteiger partial charge in [-0.1, -0.05) is 6.07 Å². The van der Waals surface area contributed by atoms with Crippen LogP contribution in [0.2, 0.25) is 0 Å². The molecule has 2 aromatic heterocycles. The molecule has 0 aliphatic heterocycles. The lowest BCUT2D eigenvalue weighted by atomic mass is 10.3. The molecule has 0 aromatic carbocycles. The summed E-state index contributed by atoms with van der Waals surface area (Å²) in [5.41, 5.74) is 0.805. The number of carbonyl (C=O) groups excluding carboxylic acids is 1. The van der Waals surface area contributed by atoms with Gasteiger partial charge in [0.1, 0.15) is 5.69 Å². The van der Waals surface area contributed by atoms with Crippen LogP contribution in [0, 0.1) is 0 Å². The maximum atomic E-state index is 11.7. The average molecular weight is 229 g/mol. The van der Waals surface area contributed by atoms with Gasteiger partial charge in [-0.15, -0.1) is 0 Å². The Labute approximate surface area is 97.5 Å². The summed E-state index contributed by atoms with van der Waals surface area (Å²) in [4.78, 5) is 29.5. The minimum absolute atomic E-state index is 0.202. The molecule has 86 valence electrons. The predicted octanol–water partition coefficient (Wildman–Crippen LogP) is 0.700. The van der Waals surface area contributed by atoms with Crippen molar-refractivity contribution in [2.24, 2.45) is 0 Å². The first-order valence-electron chi connectivity index (χ1n) is 5.12. The Morgan fingerprint density at radius 1 is 1.35 bits per heavy atom. The maximum absolute atomic E-state index is 11.7. The van der Waals surface area contributed by atoms with Crippen molar-refractivity contribution in [3.8, 4) is 0 Å². The van der Waals surface area contributed by atoms with Crippen molar-refractivity contribution in [2.75, 3.05) is 0 Å². The number of aromatic amines is 1. The fourth-order valence-corrected chi connectivity index (χ4v) is 1.35. The van der Waals surface area contributed by atoms with Gasteiger partial charge >= 0.3 is 0 Å². The molecular weight excluding hydrogens is 218 g/mol. The van der Waals surface area contributed by atoms with E-state index in [0.29, 0.717) is 6.54 Å². The fourth-order valence-electron chi connectivity index (χ4n) is 1.35. The third-order valence-electron chi connectivity index (χ3n) is 2.17. The standard InChI is InChI=1S/C12H11N3O2/c16-10-4-6-14-11(7-10)12(17)15-8-9-3-1-2-5-13-9/h1-7H,8H2,(H,14,16)(H,15,17). The number of H-pyrrole nitrogens is 1. The lowest BCUT2D eigenvalue weighted by Crippen LogP contribution is -2.25. The van der Waals surface area contributed by atoms with E-state index in [0.717, 1.165) is 5.69 Å². The predicted molar refractivity (Wildman–Crippen MR) is 62.5 cm³/mol. The molecule has 2 N–H and O–H groups in total. The number of hydrogen-bond donors (Lipinski definition) is 2. The summed E-state index contributed by atoms with van der Waals surface area (Å²) >= 11 is 0. The van der Waals surface area contributed by atoms with Gasteiger partial charge in [-0.3, -0.25) is 14.6 Å². The van der Waals surface area contributed by atoms with Crippen molar-refractivity contribution < 1.29 is 4.79 Å². The fraction of sp³-hybridized carbons (Fsp3) is 0.0833. The number of amides is 1. The van der Waals surface area contributed by atoms with Crippen LogP contribution in [0.1, 0.15) is 16.2 Å². The van der Waals surface area contributed by atoms with E-state index in [4.69, 9.17) is 0 Å². The van der Waals surface area contributed by atoms with E-state index in [-0.39, 0.29) is 17.0 Å². The molecule has 5 heteroatoms. The van der Waals surface area contributed by atoms with E-state index in [9.17, 15) is 9.59 Å². The molecule has 1 amide bonds. The van der Waals surface area contributed by atoms with Crippen LogP contribution < -0.4 is 10.7 Å². The van der Waals surface area contributed by atoms with Gasteiger partial charge in [0.15, 0.2) is 5.43 Å². The van der Waals surface area contributed by atoms with Crippen LogP contribution in [0.25, 0.3) is 0 Å². The van der Waals surface area contributed by atoms with E-state index in [2.05, 4.69) is 15.3 Å². The zero-order chi connectivity index (χ0) is 12.1. The van der Waals surface area contributed by atoms with Gasteiger partial charge in [0.05, 0.1) is 12.2 Å². The summed E-state index contributed by atoms with van der Waals surface area (Å²) in [6, 6.07) is 8.08. The summed E-state index contributed by atoms with van der Waals surface area (Å²) < 4.78 is 0. The van der Waals surface area contributed by atoms with Crippen molar-refractivity contribution in [3.05, 3.63) is 64.3 Å². The van der Waals surface area contributed by atoms with Crippen molar-refractivity contribution in [3.63, 3.8) is 0 Å². The molecule has 0 bridgehead atoms. The quantitative estimate of drug-likeness (QED) is 0.813. The smallest absolute Gasteiger partial charge is 0.268 e. The monoisotopic (exact) mass is 229 g/mol. The SMILES string of the molecule is O=C(NCc1ccccn1)c1cc(=O)cc[nH]1. The molecule has 2 rings (SSSR count).